The summed E-state index contributed by atoms with van der Waals surface area (Å²) < 4.78 is 0. The van der Waals surface area contributed by atoms with Crippen LogP contribution in [0, 0.1) is 0 Å². The zero-order valence-electron chi connectivity index (χ0n) is 10.6. The Labute approximate surface area is 113 Å². The molecule has 92 valence electrons. The summed E-state index contributed by atoms with van der Waals surface area (Å²) in [6.07, 6.45) is 7.78. The number of hydrogen-bond acceptors (Lipinski definition) is 2. The second-order valence-corrected chi connectivity index (χ2v) is 4.95. The molecule has 0 atom stereocenters. The van der Waals surface area contributed by atoms with Gasteiger partial charge in [-0.25, -0.2) is 0 Å². The summed E-state index contributed by atoms with van der Waals surface area (Å²) in [6, 6.07) is 8.47. The standard InChI is InChI=1S/C16H17NS/c1-4-9-13-15(10-5-2)18-16-12-8-7-11-14(16)17(13)6-3/h4-5,7-12H,1-2,6H2,3H3/b13-9+,15-10+. The van der Waals surface area contributed by atoms with Crippen LogP contribution in [-0.2, 0) is 0 Å². The van der Waals surface area contributed by atoms with Crippen molar-refractivity contribution in [1.29, 1.82) is 0 Å². The van der Waals surface area contributed by atoms with Gasteiger partial charge in [0.15, 0.2) is 0 Å². The Kier molecular flexibility index (Phi) is 4.11. The maximum atomic E-state index is 3.81. The minimum Gasteiger partial charge on any atom is -0.340 e. The average molecular weight is 255 g/mol. The maximum absolute atomic E-state index is 3.81. The number of fused-ring (bicyclic) bond motifs is 1. The second-order valence-electron chi connectivity index (χ2n) is 3.87. The highest BCUT2D eigenvalue weighted by Crippen LogP contribution is 2.45. The number of anilines is 1. The van der Waals surface area contributed by atoms with Crippen molar-refractivity contribution in [2.45, 2.75) is 11.8 Å². The zero-order valence-corrected chi connectivity index (χ0v) is 11.4. The molecule has 0 aliphatic carbocycles. The lowest BCUT2D eigenvalue weighted by Crippen LogP contribution is -2.25. The first-order chi connectivity index (χ1) is 8.81. The minimum absolute atomic E-state index is 0.936. The van der Waals surface area contributed by atoms with Gasteiger partial charge < -0.3 is 4.90 Å². The molecule has 18 heavy (non-hydrogen) atoms. The van der Waals surface area contributed by atoms with Crippen LogP contribution in [-0.4, -0.2) is 6.54 Å². The monoisotopic (exact) mass is 255 g/mol. The van der Waals surface area contributed by atoms with Crippen LogP contribution in [0.4, 0.5) is 5.69 Å². The molecule has 0 bridgehead atoms. The molecule has 0 aromatic heterocycles. The number of allylic oxidation sites excluding steroid dienone is 4. The molecular formula is C16H17NS. The predicted molar refractivity (Wildman–Crippen MR) is 81.9 cm³/mol. The average Bonchev–Trinajstić information content (AvgIpc) is 2.40. The number of rotatable bonds is 3. The van der Waals surface area contributed by atoms with Crippen molar-refractivity contribution >= 4 is 17.4 Å². The first-order valence-corrected chi connectivity index (χ1v) is 6.83. The van der Waals surface area contributed by atoms with Gasteiger partial charge in [-0.3, -0.25) is 0 Å². The van der Waals surface area contributed by atoms with Crippen molar-refractivity contribution in [3.8, 4) is 0 Å². The zero-order chi connectivity index (χ0) is 13.0. The molecule has 1 aromatic carbocycles. The first-order valence-electron chi connectivity index (χ1n) is 6.02. The third-order valence-corrected chi connectivity index (χ3v) is 3.91. The molecule has 1 aliphatic heterocycles. The van der Waals surface area contributed by atoms with Crippen molar-refractivity contribution in [1.82, 2.24) is 0 Å². The van der Waals surface area contributed by atoms with E-state index in [0.717, 1.165) is 6.54 Å². The molecule has 1 nitrogen and oxygen atoms in total. The maximum Gasteiger partial charge on any atom is 0.0552 e. The van der Waals surface area contributed by atoms with Gasteiger partial charge in [0.2, 0.25) is 0 Å². The molecule has 0 radical (unpaired) electrons. The van der Waals surface area contributed by atoms with E-state index in [2.05, 4.69) is 61.4 Å². The third-order valence-electron chi connectivity index (χ3n) is 2.78. The normalized spacial score (nSPS) is 18.8. The molecule has 0 saturated carbocycles. The van der Waals surface area contributed by atoms with E-state index in [0.29, 0.717) is 0 Å². The lowest BCUT2D eigenvalue weighted by molar-refractivity contribution is 0.951. The Morgan fingerprint density at radius 2 is 1.89 bits per heavy atom. The summed E-state index contributed by atoms with van der Waals surface area (Å²) >= 11 is 1.78. The number of benzene rings is 1. The molecule has 0 saturated heterocycles. The van der Waals surface area contributed by atoms with Gasteiger partial charge in [-0.1, -0.05) is 49.2 Å². The molecule has 2 heteroatoms. The van der Waals surface area contributed by atoms with E-state index in [1.165, 1.54) is 21.2 Å². The second kappa shape index (κ2) is 5.78. The molecular weight excluding hydrogens is 238 g/mol. The smallest absolute Gasteiger partial charge is 0.0552 e. The van der Waals surface area contributed by atoms with Gasteiger partial charge in [-0.05, 0) is 31.2 Å². The predicted octanol–water partition coefficient (Wildman–Crippen LogP) is 4.76. The third kappa shape index (κ3) is 2.29. The van der Waals surface area contributed by atoms with Gasteiger partial charge in [0.25, 0.3) is 0 Å². The van der Waals surface area contributed by atoms with Crippen LogP contribution in [0.3, 0.4) is 0 Å². The molecule has 2 rings (SSSR count). The van der Waals surface area contributed by atoms with Gasteiger partial charge in [0, 0.05) is 16.3 Å². The lowest BCUT2D eigenvalue weighted by Gasteiger charge is -2.33. The van der Waals surface area contributed by atoms with Gasteiger partial charge in [-0.15, -0.1) is 0 Å². The molecule has 0 amide bonds. The van der Waals surface area contributed by atoms with Crippen LogP contribution >= 0.6 is 11.8 Å². The van der Waals surface area contributed by atoms with Crippen molar-refractivity contribution in [2.24, 2.45) is 0 Å². The molecule has 1 heterocycles. The summed E-state index contributed by atoms with van der Waals surface area (Å²) in [5.74, 6) is 0. The number of nitrogens with zero attached hydrogens (tertiary/aromatic N) is 1. The quantitative estimate of drug-likeness (QED) is 0.766. The number of hydrogen-bond donors (Lipinski definition) is 0. The fraction of sp³-hybridized carbons (Fsp3) is 0.125. The molecule has 0 spiro atoms. The van der Waals surface area contributed by atoms with Crippen molar-refractivity contribution in [3.63, 3.8) is 0 Å². The van der Waals surface area contributed by atoms with Crippen molar-refractivity contribution in [3.05, 3.63) is 72.3 Å². The summed E-state index contributed by atoms with van der Waals surface area (Å²) in [4.78, 5) is 4.81. The Morgan fingerprint density at radius 1 is 1.17 bits per heavy atom. The van der Waals surface area contributed by atoms with E-state index in [1.807, 2.05) is 12.2 Å². The first kappa shape index (κ1) is 12.8. The Bertz CT molecular complexity index is 526. The number of thioether (sulfide) groups is 1. The molecule has 0 unspecified atom stereocenters. The minimum atomic E-state index is 0.936. The van der Waals surface area contributed by atoms with Crippen LogP contribution < -0.4 is 4.90 Å². The Balaban J connectivity index is 2.58. The summed E-state index contributed by atoms with van der Waals surface area (Å²) in [5, 5.41) is 0. The van der Waals surface area contributed by atoms with Crippen LogP contribution in [0.2, 0.25) is 0 Å². The Morgan fingerprint density at radius 3 is 2.56 bits per heavy atom. The van der Waals surface area contributed by atoms with E-state index < -0.39 is 0 Å². The highest BCUT2D eigenvalue weighted by atomic mass is 32.2. The topological polar surface area (TPSA) is 3.24 Å². The van der Waals surface area contributed by atoms with E-state index in [1.54, 1.807) is 11.8 Å². The lowest BCUT2D eigenvalue weighted by atomic mass is 10.2. The summed E-state index contributed by atoms with van der Waals surface area (Å²) in [5.41, 5.74) is 2.45. The highest BCUT2D eigenvalue weighted by molar-refractivity contribution is 8.03. The summed E-state index contributed by atoms with van der Waals surface area (Å²) in [7, 11) is 0. The Hall–Kier alpha value is -1.67. The SMILES string of the molecule is C=C/C=C1/Sc2ccccc2N(CC)/C1=C/C=C. The molecule has 1 aliphatic rings. The van der Waals surface area contributed by atoms with Gasteiger partial charge in [0.1, 0.15) is 0 Å². The molecule has 0 N–H and O–H groups in total. The van der Waals surface area contributed by atoms with Crippen LogP contribution in [0.25, 0.3) is 0 Å². The van der Waals surface area contributed by atoms with Crippen LogP contribution in [0.5, 0.6) is 0 Å². The molecule has 1 aromatic rings. The van der Waals surface area contributed by atoms with Crippen molar-refractivity contribution in [2.75, 3.05) is 11.4 Å². The highest BCUT2D eigenvalue weighted by Gasteiger charge is 2.23. The van der Waals surface area contributed by atoms with E-state index >= 15 is 0 Å². The largest absolute Gasteiger partial charge is 0.340 e. The van der Waals surface area contributed by atoms with Gasteiger partial charge in [-0.2, -0.15) is 0 Å². The fourth-order valence-electron chi connectivity index (χ4n) is 2.05. The van der Waals surface area contributed by atoms with Gasteiger partial charge >= 0.3 is 0 Å². The van der Waals surface area contributed by atoms with Gasteiger partial charge in [0.05, 0.1) is 11.4 Å². The number of para-hydroxylation sites is 1. The van der Waals surface area contributed by atoms with Crippen molar-refractivity contribution < 1.29 is 0 Å². The fourth-order valence-corrected chi connectivity index (χ4v) is 3.16. The van der Waals surface area contributed by atoms with Crippen LogP contribution in [0.1, 0.15) is 6.92 Å². The van der Waals surface area contributed by atoms with E-state index in [-0.39, 0.29) is 0 Å². The van der Waals surface area contributed by atoms with E-state index in [4.69, 9.17) is 0 Å². The summed E-state index contributed by atoms with van der Waals surface area (Å²) in [6.45, 7) is 10.7. The van der Waals surface area contributed by atoms with E-state index in [9.17, 15) is 0 Å². The number of likely N-dealkylation sites (N-methyl/N-ethyl adjacent to an activating group) is 1. The molecule has 0 fully saturated rings. The van der Waals surface area contributed by atoms with Crippen LogP contribution in [0.15, 0.2) is 77.2 Å².